The van der Waals surface area contributed by atoms with Gasteiger partial charge in [-0.05, 0) is 12.1 Å². The van der Waals surface area contributed by atoms with E-state index in [2.05, 4.69) is 10.4 Å². The molecule has 2 rings (SSSR count). The first-order valence-corrected chi connectivity index (χ1v) is 6.15. The van der Waals surface area contributed by atoms with Gasteiger partial charge in [0, 0.05) is 19.3 Å². The molecule has 0 saturated carbocycles. The summed E-state index contributed by atoms with van der Waals surface area (Å²) in [7, 11) is 5.08. The molecule has 0 aliphatic carbocycles. The van der Waals surface area contributed by atoms with Gasteiger partial charge >= 0.3 is 0 Å². The predicted octanol–water partition coefficient (Wildman–Crippen LogP) is 2.70. The van der Waals surface area contributed by atoms with Gasteiger partial charge in [-0.25, -0.2) is 0 Å². The number of aromatic nitrogens is 2. The number of anilines is 1. The monoisotopic (exact) mass is 281 g/mol. The molecule has 0 atom stereocenters. The van der Waals surface area contributed by atoms with Gasteiger partial charge in [-0.1, -0.05) is 11.6 Å². The van der Waals surface area contributed by atoms with Crippen molar-refractivity contribution in [2.75, 3.05) is 19.5 Å². The molecule has 0 fully saturated rings. The molecule has 6 heteroatoms. The van der Waals surface area contributed by atoms with Gasteiger partial charge in [0.05, 0.1) is 37.2 Å². The Kier molecular flexibility index (Phi) is 4.16. The van der Waals surface area contributed by atoms with Crippen molar-refractivity contribution < 1.29 is 9.47 Å². The van der Waals surface area contributed by atoms with Crippen LogP contribution in [0.4, 0.5) is 5.69 Å². The molecular weight excluding hydrogens is 266 g/mol. The Labute approximate surface area is 117 Å². The zero-order chi connectivity index (χ0) is 13.8. The highest BCUT2D eigenvalue weighted by molar-refractivity contribution is 6.32. The van der Waals surface area contributed by atoms with E-state index in [0.29, 0.717) is 23.1 Å². The second-order valence-corrected chi connectivity index (χ2v) is 4.39. The Morgan fingerprint density at radius 3 is 2.58 bits per heavy atom. The van der Waals surface area contributed by atoms with Crippen LogP contribution in [0.2, 0.25) is 5.02 Å². The maximum Gasteiger partial charge on any atom is 0.145 e. The lowest BCUT2D eigenvalue weighted by molar-refractivity contribution is 0.395. The van der Waals surface area contributed by atoms with Crippen LogP contribution in [0.3, 0.4) is 0 Å². The number of hydrogen-bond donors (Lipinski definition) is 1. The molecule has 2 aromatic rings. The van der Waals surface area contributed by atoms with Crippen molar-refractivity contribution in [3.63, 3.8) is 0 Å². The van der Waals surface area contributed by atoms with E-state index in [1.165, 1.54) is 0 Å². The SMILES string of the molecule is COc1cc(OC)c(NCc2ccnn2C)cc1Cl. The molecule has 5 nitrogen and oxygen atoms in total. The lowest BCUT2D eigenvalue weighted by Gasteiger charge is -2.13. The van der Waals surface area contributed by atoms with Crippen molar-refractivity contribution in [2.24, 2.45) is 7.05 Å². The fraction of sp³-hybridized carbons (Fsp3) is 0.308. The summed E-state index contributed by atoms with van der Waals surface area (Å²) in [5, 5.41) is 7.93. The minimum absolute atomic E-state index is 0.538. The normalized spacial score (nSPS) is 10.3. The second-order valence-electron chi connectivity index (χ2n) is 3.99. The largest absolute Gasteiger partial charge is 0.495 e. The Bertz CT molecular complexity index is 569. The van der Waals surface area contributed by atoms with Crippen LogP contribution in [0.25, 0.3) is 0 Å². The molecule has 1 N–H and O–H groups in total. The van der Waals surface area contributed by atoms with Crippen molar-refractivity contribution in [3.05, 3.63) is 35.1 Å². The van der Waals surface area contributed by atoms with E-state index in [-0.39, 0.29) is 0 Å². The van der Waals surface area contributed by atoms with E-state index in [1.807, 2.05) is 17.8 Å². The van der Waals surface area contributed by atoms with Crippen molar-refractivity contribution >= 4 is 17.3 Å². The van der Waals surface area contributed by atoms with Crippen LogP contribution in [0.15, 0.2) is 24.4 Å². The van der Waals surface area contributed by atoms with E-state index in [0.717, 1.165) is 11.4 Å². The van der Waals surface area contributed by atoms with Crippen LogP contribution in [-0.4, -0.2) is 24.0 Å². The smallest absolute Gasteiger partial charge is 0.145 e. The number of nitrogens with zero attached hydrogens (tertiary/aromatic N) is 2. The fourth-order valence-electron chi connectivity index (χ4n) is 1.76. The highest BCUT2D eigenvalue weighted by Gasteiger charge is 2.10. The minimum Gasteiger partial charge on any atom is -0.495 e. The third kappa shape index (κ3) is 2.93. The van der Waals surface area contributed by atoms with Gasteiger partial charge in [0.15, 0.2) is 0 Å². The second kappa shape index (κ2) is 5.84. The molecular formula is C13H16ClN3O2. The summed E-state index contributed by atoms with van der Waals surface area (Å²) < 4.78 is 12.3. The third-order valence-electron chi connectivity index (χ3n) is 2.86. The molecule has 0 bridgehead atoms. The van der Waals surface area contributed by atoms with Crippen LogP contribution in [0.5, 0.6) is 11.5 Å². The summed E-state index contributed by atoms with van der Waals surface area (Å²) in [4.78, 5) is 0. The van der Waals surface area contributed by atoms with Crippen LogP contribution in [0, 0.1) is 0 Å². The Hall–Kier alpha value is -1.88. The van der Waals surface area contributed by atoms with Gasteiger partial charge in [-0.2, -0.15) is 5.10 Å². The summed E-state index contributed by atoms with van der Waals surface area (Å²) in [5.41, 5.74) is 1.88. The topological polar surface area (TPSA) is 48.3 Å². The number of rotatable bonds is 5. The van der Waals surface area contributed by atoms with E-state index in [1.54, 1.807) is 32.5 Å². The Morgan fingerprint density at radius 2 is 2.00 bits per heavy atom. The maximum atomic E-state index is 6.11. The maximum absolute atomic E-state index is 6.11. The third-order valence-corrected chi connectivity index (χ3v) is 3.15. The molecule has 0 spiro atoms. The van der Waals surface area contributed by atoms with Crippen molar-refractivity contribution in [2.45, 2.75) is 6.54 Å². The molecule has 0 saturated heterocycles. The van der Waals surface area contributed by atoms with Crippen LogP contribution in [-0.2, 0) is 13.6 Å². The predicted molar refractivity (Wildman–Crippen MR) is 75.1 cm³/mol. The van der Waals surface area contributed by atoms with E-state index < -0.39 is 0 Å². The van der Waals surface area contributed by atoms with E-state index in [9.17, 15) is 0 Å². The average molecular weight is 282 g/mol. The van der Waals surface area contributed by atoms with Gasteiger partial charge < -0.3 is 14.8 Å². The highest BCUT2D eigenvalue weighted by atomic mass is 35.5. The van der Waals surface area contributed by atoms with Crippen molar-refractivity contribution in [3.8, 4) is 11.5 Å². The van der Waals surface area contributed by atoms with Gasteiger partial charge in [-0.15, -0.1) is 0 Å². The summed E-state index contributed by atoms with van der Waals surface area (Å²) in [6.07, 6.45) is 1.76. The lowest BCUT2D eigenvalue weighted by Crippen LogP contribution is -2.06. The van der Waals surface area contributed by atoms with Crippen molar-refractivity contribution in [1.29, 1.82) is 0 Å². The Balaban J connectivity index is 2.20. The number of aryl methyl sites for hydroxylation is 1. The minimum atomic E-state index is 0.538. The number of hydrogen-bond acceptors (Lipinski definition) is 4. The Morgan fingerprint density at radius 1 is 1.26 bits per heavy atom. The molecule has 1 heterocycles. The number of benzene rings is 1. The average Bonchev–Trinajstić information content (AvgIpc) is 2.82. The zero-order valence-corrected chi connectivity index (χ0v) is 11.9. The summed E-state index contributed by atoms with van der Waals surface area (Å²) >= 11 is 6.11. The quantitative estimate of drug-likeness (QED) is 0.915. The number of nitrogens with one attached hydrogen (secondary N) is 1. The van der Waals surface area contributed by atoms with Gasteiger partial charge in [0.2, 0.25) is 0 Å². The zero-order valence-electron chi connectivity index (χ0n) is 11.1. The number of halogens is 1. The summed E-state index contributed by atoms with van der Waals surface area (Å²) in [6.45, 7) is 0.634. The molecule has 102 valence electrons. The highest BCUT2D eigenvalue weighted by Crippen LogP contribution is 2.35. The molecule has 0 amide bonds. The molecule has 0 aliphatic heterocycles. The van der Waals surface area contributed by atoms with Crippen LogP contribution < -0.4 is 14.8 Å². The lowest BCUT2D eigenvalue weighted by atomic mass is 10.2. The van der Waals surface area contributed by atoms with Crippen molar-refractivity contribution in [1.82, 2.24) is 9.78 Å². The first-order chi connectivity index (χ1) is 9.15. The first-order valence-electron chi connectivity index (χ1n) is 5.78. The molecule has 0 radical (unpaired) electrons. The summed E-state index contributed by atoms with van der Waals surface area (Å²) in [6, 6.07) is 5.49. The molecule has 0 unspecified atom stereocenters. The van der Waals surface area contributed by atoms with Gasteiger partial charge in [0.25, 0.3) is 0 Å². The van der Waals surface area contributed by atoms with E-state index >= 15 is 0 Å². The van der Waals surface area contributed by atoms with Crippen LogP contribution in [0.1, 0.15) is 5.69 Å². The number of methoxy groups -OCH3 is 2. The standard InChI is InChI=1S/C13H16ClN3O2/c1-17-9(4-5-16-17)8-15-11-6-10(14)12(18-2)7-13(11)19-3/h4-7,15H,8H2,1-3H3. The molecule has 0 aliphatic rings. The first kappa shape index (κ1) is 13.5. The fourth-order valence-corrected chi connectivity index (χ4v) is 2.00. The molecule has 19 heavy (non-hydrogen) atoms. The number of ether oxygens (including phenoxy) is 2. The van der Waals surface area contributed by atoms with Gasteiger partial charge in [0.1, 0.15) is 11.5 Å². The molecule has 1 aromatic carbocycles. The van der Waals surface area contributed by atoms with E-state index in [4.69, 9.17) is 21.1 Å². The molecule has 1 aromatic heterocycles. The van der Waals surface area contributed by atoms with Gasteiger partial charge in [-0.3, -0.25) is 4.68 Å². The summed E-state index contributed by atoms with van der Waals surface area (Å²) in [5.74, 6) is 1.27. The van der Waals surface area contributed by atoms with Crippen LogP contribution >= 0.6 is 11.6 Å².